The van der Waals surface area contributed by atoms with E-state index in [4.69, 9.17) is 28.2 Å². The lowest BCUT2D eigenvalue weighted by Crippen LogP contribution is -2.39. The Morgan fingerprint density at radius 2 is 1.92 bits per heavy atom. The number of benzene rings is 1. The lowest BCUT2D eigenvalue weighted by atomic mass is 10.1. The summed E-state index contributed by atoms with van der Waals surface area (Å²) in [5.74, 6) is 1.39. The summed E-state index contributed by atoms with van der Waals surface area (Å²) in [4.78, 5) is 11.8. The number of halogens is 2. The van der Waals surface area contributed by atoms with E-state index in [2.05, 4.69) is 34.5 Å². The zero-order chi connectivity index (χ0) is 25.4. The zero-order valence-electron chi connectivity index (χ0n) is 20.0. The summed E-state index contributed by atoms with van der Waals surface area (Å²) in [5, 5.41) is 7.17. The predicted octanol–water partition coefficient (Wildman–Crippen LogP) is 5.55. The van der Waals surface area contributed by atoms with Crippen LogP contribution in [0.4, 0.5) is 5.69 Å². The highest BCUT2D eigenvalue weighted by Crippen LogP contribution is 2.36. The van der Waals surface area contributed by atoms with Crippen molar-refractivity contribution in [3.63, 3.8) is 0 Å². The Labute approximate surface area is 225 Å². The van der Waals surface area contributed by atoms with Crippen molar-refractivity contribution in [2.24, 2.45) is 0 Å². The Hall–Kier alpha value is -2.17. The second-order valence-electron chi connectivity index (χ2n) is 9.12. The van der Waals surface area contributed by atoms with Gasteiger partial charge >= 0.3 is 0 Å². The molecule has 11 heteroatoms. The van der Waals surface area contributed by atoms with E-state index in [-0.39, 0.29) is 11.5 Å². The molecule has 1 N–H and O–H groups in total. The van der Waals surface area contributed by atoms with Gasteiger partial charge in [-0.05, 0) is 56.1 Å². The minimum absolute atomic E-state index is 0.279. The first-order chi connectivity index (χ1) is 17.3. The van der Waals surface area contributed by atoms with E-state index < -0.39 is 9.84 Å². The minimum Gasteiger partial charge on any atom is -0.386 e. The average molecular weight is 565 g/mol. The van der Waals surface area contributed by atoms with E-state index in [0.29, 0.717) is 34.6 Å². The van der Waals surface area contributed by atoms with Crippen LogP contribution >= 0.6 is 34.5 Å². The van der Waals surface area contributed by atoms with Gasteiger partial charge in [-0.2, -0.15) is 0 Å². The van der Waals surface area contributed by atoms with Crippen molar-refractivity contribution in [2.45, 2.75) is 25.3 Å². The number of anilines is 1. The Morgan fingerprint density at radius 1 is 1.19 bits per heavy atom. The first-order valence-corrected chi connectivity index (χ1v) is 15.2. The lowest BCUT2D eigenvalue weighted by molar-refractivity contribution is 0.229. The number of hydrogen-bond donors (Lipinski definition) is 1. The Balaban J connectivity index is 1.46. The SMILES string of the molecule is CNc1c(Cl)cc(-c2ccc3c(CCN(C)C4CCS(=O)(=O)CC4)cn(-c4cscn4)c3n2)cc1Cl. The molecule has 0 atom stereocenters. The molecule has 0 radical (unpaired) electrons. The van der Waals surface area contributed by atoms with Crippen LogP contribution in [-0.2, 0) is 16.3 Å². The van der Waals surface area contributed by atoms with Gasteiger partial charge in [0.05, 0.1) is 38.4 Å². The van der Waals surface area contributed by atoms with Crippen molar-refractivity contribution >= 4 is 61.1 Å². The predicted molar refractivity (Wildman–Crippen MR) is 150 cm³/mol. The standard InChI is InChI=1S/C25H27Cl2N5O2S2/c1-28-24-20(26)11-17(12-21(24)27)22-4-3-19-16(13-32(25(19)30-22)23-14-35-15-29-23)5-8-31(2)18-6-9-36(33,34)10-7-18/h3-4,11-15,18,28H,5-10H2,1-2H3. The molecule has 0 saturated carbocycles. The van der Waals surface area contributed by atoms with Crippen molar-refractivity contribution in [2.75, 3.05) is 37.5 Å². The molecule has 1 aromatic carbocycles. The molecule has 1 aliphatic heterocycles. The number of sulfone groups is 1. The molecule has 1 fully saturated rings. The van der Waals surface area contributed by atoms with E-state index in [1.165, 1.54) is 16.9 Å². The van der Waals surface area contributed by atoms with Gasteiger partial charge in [0.1, 0.15) is 21.3 Å². The molecular formula is C25H27Cl2N5O2S2. The molecular weight excluding hydrogens is 537 g/mol. The fourth-order valence-corrected chi connectivity index (χ4v) is 7.45. The van der Waals surface area contributed by atoms with Crippen molar-refractivity contribution < 1.29 is 8.42 Å². The number of likely N-dealkylation sites (N-methyl/N-ethyl adjacent to an activating group) is 1. The molecule has 1 aliphatic rings. The molecule has 3 aromatic heterocycles. The van der Waals surface area contributed by atoms with Crippen LogP contribution in [0.1, 0.15) is 18.4 Å². The average Bonchev–Trinajstić information content (AvgIpc) is 3.50. The van der Waals surface area contributed by atoms with E-state index in [1.54, 1.807) is 7.05 Å². The van der Waals surface area contributed by atoms with Crippen LogP contribution in [-0.4, -0.2) is 66.0 Å². The third-order valence-corrected chi connectivity index (χ3v) is 9.76. The van der Waals surface area contributed by atoms with Crippen molar-refractivity contribution in [1.29, 1.82) is 0 Å². The summed E-state index contributed by atoms with van der Waals surface area (Å²) in [5.41, 5.74) is 6.11. The highest BCUT2D eigenvalue weighted by atomic mass is 35.5. The maximum absolute atomic E-state index is 11.8. The molecule has 7 nitrogen and oxygen atoms in total. The summed E-state index contributed by atoms with van der Waals surface area (Å²) in [6.45, 7) is 0.833. The van der Waals surface area contributed by atoms with E-state index >= 15 is 0 Å². The Bertz CT molecular complexity index is 1470. The van der Waals surface area contributed by atoms with Gasteiger partial charge in [0, 0.05) is 42.2 Å². The molecule has 4 heterocycles. The number of pyridine rings is 1. The monoisotopic (exact) mass is 563 g/mol. The molecule has 190 valence electrons. The number of thiazole rings is 1. The molecule has 1 saturated heterocycles. The normalized spacial score (nSPS) is 16.1. The first-order valence-electron chi connectivity index (χ1n) is 11.7. The molecule has 4 aromatic rings. The summed E-state index contributed by atoms with van der Waals surface area (Å²) in [7, 11) is 1.00. The fourth-order valence-electron chi connectivity index (χ4n) is 4.79. The van der Waals surface area contributed by atoms with Gasteiger partial charge in [-0.15, -0.1) is 11.3 Å². The van der Waals surface area contributed by atoms with Gasteiger partial charge in [0.15, 0.2) is 0 Å². The Morgan fingerprint density at radius 3 is 2.56 bits per heavy atom. The largest absolute Gasteiger partial charge is 0.386 e. The summed E-state index contributed by atoms with van der Waals surface area (Å²) >= 11 is 14.4. The third kappa shape index (κ3) is 5.13. The van der Waals surface area contributed by atoms with E-state index in [1.807, 2.05) is 33.7 Å². The van der Waals surface area contributed by atoms with Crippen LogP contribution in [0.5, 0.6) is 0 Å². The van der Waals surface area contributed by atoms with Gasteiger partial charge < -0.3 is 10.2 Å². The van der Waals surface area contributed by atoms with Crippen LogP contribution in [0.3, 0.4) is 0 Å². The van der Waals surface area contributed by atoms with Crippen molar-refractivity contribution in [1.82, 2.24) is 19.4 Å². The number of aromatic nitrogens is 3. The topological polar surface area (TPSA) is 80.1 Å². The molecule has 0 bridgehead atoms. The highest BCUT2D eigenvalue weighted by Gasteiger charge is 2.26. The molecule has 5 rings (SSSR count). The molecule has 0 spiro atoms. The number of hydrogen-bond acceptors (Lipinski definition) is 7. The van der Waals surface area contributed by atoms with Crippen LogP contribution in [0.2, 0.25) is 10.0 Å². The fraction of sp³-hybridized carbons (Fsp3) is 0.360. The molecule has 0 amide bonds. The van der Waals surface area contributed by atoms with E-state index in [9.17, 15) is 8.42 Å². The summed E-state index contributed by atoms with van der Waals surface area (Å²) in [6, 6.07) is 8.11. The molecule has 0 aliphatic carbocycles. The second kappa shape index (κ2) is 10.3. The minimum atomic E-state index is -2.87. The van der Waals surface area contributed by atoms with Crippen LogP contribution < -0.4 is 5.32 Å². The van der Waals surface area contributed by atoms with E-state index in [0.717, 1.165) is 41.1 Å². The van der Waals surface area contributed by atoms with Gasteiger partial charge in [-0.25, -0.2) is 18.4 Å². The zero-order valence-corrected chi connectivity index (χ0v) is 23.2. The van der Waals surface area contributed by atoms with Gasteiger partial charge in [-0.1, -0.05) is 23.2 Å². The molecule has 0 unspecified atom stereocenters. The molecule has 36 heavy (non-hydrogen) atoms. The van der Waals surface area contributed by atoms with Crippen molar-refractivity contribution in [3.05, 3.63) is 57.0 Å². The third-order valence-electron chi connectivity index (χ3n) is 6.87. The smallest absolute Gasteiger partial charge is 0.150 e. The maximum atomic E-state index is 11.8. The van der Waals surface area contributed by atoms with Gasteiger partial charge in [0.2, 0.25) is 0 Å². The number of nitrogens with zero attached hydrogens (tertiary/aromatic N) is 4. The quantitative estimate of drug-likeness (QED) is 0.317. The number of rotatable bonds is 7. The lowest BCUT2D eigenvalue weighted by Gasteiger charge is -2.31. The second-order valence-corrected chi connectivity index (χ2v) is 13.0. The maximum Gasteiger partial charge on any atom is 0.150 e. The van der Waals surface area contributed by atoms with Gasteiger partial charge in [-0.3, -0.25) is 4.57 Å². The van der Waals surface area contributed by atoms with Crippen molar-refractivity contribution in [3.8, 4) is 17.1 Å². The number of nitrogens with one attached hydrogen (secondary N) is 1. The first kappa shape index (κ1) is 25.5. The summed E-state index contributed by atoms with van der Waals surface area (Å²) < 4.78 is 25.6. The Kier molecular flexibility index (Phi) is 7.29. The van der Waals surface area contributed by atoms with Gasteiger partial charge in [0.25, 0.3) is 0 Å². The highest BCUT2D eigenvalue weighted by molar-refractivity contribution is 7.91. The number of fused-ring (bicyclic) bond motifs is 1. The van der Waals surface area contributed by atoms with Crippen LogP contribution in [0.15, 0.2) is 41.4 Å². The van der Waals surface area contributed by atoms with Crippen LogP contribution in [0.25, 0.3) is 28.1 Å². The van der Waals surface area contributed by atoms with Crippen LogP contribution in [0, 0.1) is 0 Å². The summed E-state index contributed by atoms with van der Waals surface area (Å²) in [6.07, 6.45) is 4.33.